The van der Waals surface area contributed by atoms with Crippen LogP contribution in [-0.2, 0) is 18.0 Å². The highest BCUT2D eigenvalue weighted by Crippen LogP contribution is 2.15. The number of ether oxygens (including phenoxy) is 1. The molecule has 0 saturated heterocycles. The van der Waals surface area contributed by atoms with Crippen LogP contribution in [0.4, 0.5) is 0 Å². The maximum atomic E-state index is 5.50. The zero-order chi connectivity index (χ0) is 10.5. The number of rotatable bonds is 5. The second kappa shape index (κ2) is 5.26. The third-order valence-electron chi connectivity index (χ3n) is 1.61. The van der Waals surface area contributed by atoms with Gasteiger partial charge in [0.15, 0.2) is 0 Å². The molecule has 0 aromatic heterocycles. The van der Waals surface area contributed by atoms with Gasteiger partial charge in [0, 0.05) is 26.3 Å². The van der Waals surface area contributed by atoms with Gasteiger partial charge in [0.1, 0.15) is 0 Å². The molecule has 0 aliphatic heterocycles. The van der Waals surface area contributed by atoms with Crippen LogP contribution in [-0.4, -0.2) is 30.1 Å². The molecule has 0 atom stereocenters. The molecule has 5 heteroatoms. The monoisotopic (exact) mass is 206 g/mol. The van der Waals surface area contributed by atoms with Gasteiger partial charge in [-0.15, -0.1) is 0 Å². The lowest BCUT2D eigenvalue weighted by Gasteiger charge is -2.24. The maximum Gasteiger partial charge on any atom is 0.564 e. The predicted octanol–water partition coefficient (Wildman–Crippen LogP) is 1.76. The summed E-state index contributed by atoms with van der Waals surface area (Å²) >= 11 is 0. The lowest BCUT2D eigenvalue weighted by atomic mass is 10.4. The first-order valence-corrected chi connectivity index (χ1v) is 6.22. The van der Waals surface area contributed by atoms with E-state index in [2.05, 4.69) is 0 Å². The Morgan fingerprint density at radius 3 is 1.69 bits per heavy atom. The zero-order valence-corrected chi connectivity index (χ0v) is 10.1. The van der Waals surface area contributed by atoms with E-state index >= 15 is 0 Å². The van der Waals surface area contributed by atoms with Gasteiger partial charge in [0.2, 0.25) is 0 Å². The summed E-state index contributed by atoms with van der Waals surface area (Å²) in [5.74, 6) is 0.470. The van der Waals surface area contributed by atoms with Gasteiger partial charge in [-0.2, -0.15) is 0 Å². The van der Waals surface area contributed by atoms with Crippen LogP contribution in [0.25, 0.3) is 0 Å². The van der Waals surface area contributed by atoms with E-state index in [4.69, 9.17) is 18.0 Å². The summed E-state index contributed by atoms with van der Waals surface area (Å²) in [6.45, 7) is 5.60. The molecule has 78 valence electrons. The zero-order valence-electron chi connectivity index (χ0n) is 9.13. The largest absolute Gasteiger partial charge is 0.564 e. The Morgan fingerprint density at radius 1 is 1.00 bits per heavy atom. The maximum absolute atomic E-state index is 5.50. The molecule has 0 N–H and O–H groups in total. The first kappa shape index (κ1) is 12.5. The van der Waals surface area contributed by atoms with Crippen molar-refractivity contribution in [2.75, 3.05) is 21.3 Å². The average molecular weight is 206 g/mol. The minimum absolute atomic E-state index is 0.470. The van der Waals surface area contributed by atoms with Crippen molar-refractivity contribution in [3.05, 3.63) is 11.5 Å². The Morgan fingerprint density at radius 2 is 1.46 bits per heavy atom. The van der Waals surface area contributed by atoms with Crippen molar-refractivity contribution in [1.82, 2.24) is 0 Å². The molecule has 0 bridgehead atoms. The molecule has 0 unspecified atom stereocenters. The van der Waals surface area contributed by atoms with E-state index in [0.717, 1.165) is 5.57 Å². The smallest absolute Gasteiger partial charge is 0.473 e. The van der Waals surface area contributed by atoms with Gasteiger partial charge < -0.3 is 18.0 Å². The molecular weight excluding hydrogens is 188 g/mol. The van der Waals surface area contributed by atoms with Gasteiger partial charge >= 0.3 is 8.80 Å². The quantitative estimate of drug-likeness (QED) is 0.507. The molecule has 0 aromatic carbocycles. The van der Waals surface area contributed by atoms with Gasteiger partial charge in [-0.3, -0.25) is 0 Å². The third kappa shape index (κ3) is 3.80. The number of hydrogen-bond acceptors (Lipinski definition) is 4. The molecule has 0 aromatic rings. The molecule has 0 fully saturated rings. The standard InChI is InChI=1S/C8H18O4Si/c1-7(2)8(9-3)12-13(6,10-4)11-5/h1-6H3. The van der Waals surface area contributed by atoms with Crippen LogP contribution in [0.3, 0.4) is 0 Å². The topological polar surface area (TPSA) is 36.9 Å². The van der Waals surface area contributed by atoms with E-state index in [1.165, 1.54) is 0 Å². The molecule has 0 aliphatic carbocycles. The fourth-order valence-electron chi connectivity index (χ4n) is 0.683. The minimum Gasteiger partial charge on any atom is -0.473 e. The van der Waals surface area contributed by atoms with Gasteiger partial charge in [-0.25, -0.2) is 0 Å². The van der Waals surface area contributed by atoms with Crippen LogP contribution in [0.15, 0.2) is 11.5 Å². The van der Waals surface area contributed by atoms with Crippen molar-refractivity contribution in [3.8, 4) is 0 Å². The summed E-state index contributed by atoms with van der Waals surface area (Å²) in [5.41, 5.74) is 0.954. The second-order valence-electron chi connectivity index (χ2n) is 2.86. The number of methoxy groups -OCH3 is 1. The van der Waals surface area contributed by atoms with E-state index in [1.807, 2.05) is 13.8 Å². The van der Waals surface area contributed by atoms with Crippen LogP contribution >= 0.6 is 0 Å². The van der Waals surface area contributed by atoms with E-state index in [9.17, 15) is 0 Å². The first-order chi connectivity index (χ1) is 5.99. The highest BCUT2D eigenvalue weighted by Gasteiger charge is 2.35. The van der Waals surface area contributed by atoms with Crippen LogP contribution in [0.2, 0.25) is 6.55 Å². The van der Waals surface area contributed by atoms with E-state index in [1.54, 1.807) is 27.9 Å². The van der Waals surface area contributed by atoms with Crippen LogP contribution < -0.4 is 0 Å². The van der Waals surface area contributed by atoms with Gasteiger partial charge in [-0.1, -0.05) is 0 Å². The fraction of sp³-hybridized carbons (Fsp3) is 0.750. The molecule has 0 aliphatic rings. The summed E-state index contributed by atoms with van der Waals surface area (Å²) in [7, 11) is 2.16. The molecule has 13 heavy (non-hydrogen) atoms. The lowest BCUT2D eigenvalue weighted by Crippen LogP contribution is -2.40. The summed E-state index contributed by atoms with van der Waals surface area (Å²) in [5, 5.41) is 0. The van der Waals surface area contributed by atoms with Gasteiger partial charge in [0.25, 0.3) is 5.95 Å². The van der Waals surface area contributed by atoms with Crippen LogP contribution in [0.1, 0.15) is 13.8 Å². The highest BCUT2D eigenvalue weighted by molar-refractivity contribution is 6.59. The van der Waals surface area contributed by atoms with Crippen molar-refractivity contribution in [1.29, 1.82) is 0 Å². The molecule has 0 saturated carbocycles. The van der Waals surface area contributed by atoms with Gasteiger partial charge in [0.05, 0.1) is 7.11 Å². The highest BCUT2D eigenvalue weighted by atomic mass is 28.4. The van der Waals surface area contributed by atoms with E-state index < -0.39 is 8.80 Å². The third-order valence-corrected chi connectivity index (χ3v) is 3.65. The SMILES string of the molecule is COC(O[Si](C)(OC)OC)=C(C)C. The average Bonchev–Trinajstić information content (AvgIpc) is 2.13. The Balaban J connectivity index is 4.47. The van der Waals surface area contributed by atoms with Crippen molar-refractivity contribution in [2.45, 2.75) is 20.4 Å². The Bertz CT molecular complexity index is 183. The van der Waals surface area contributed by atoms with Crippen molar-refractivity contribution in [2.24, 2.45) is 0 Å². The molecule has 4 nitrogen and oxygen atoms in total. The summed E-state index contributed by atoms with van der Waals surface area (Å²) < 4.78 is 20.8. The normalized spacial score (nSPS) is 10.9. The lowest BCUT2D eigenvalue weighted by molar-refractivity contribution is 0.0627. The summed E-state index contributed by atoms with van der Waals surface area (Å²) in [6, 6.07) is 0. The molecule has 0 amide bonds. The summed E-state index contributed by atoms with van der Waals surface area (Å²) in [6.07, 6.45) is 0. The Kier molecular flexibility index (Phi) is 5.05. The summed E-state index contributed by atoms with van der Waals surface area (Å²) in [4.78, 5) is 0. The van der Waals surface area contributed by atoms with Crippen molar-refractivity contribution in [3.63, 3.8) is 0 Å². The van der Waals surface area contributed by atoms with E-state index in [-0.39, 0.29) is 0 Å². The predicted molar refractivity (Wildman–Crippen MR) is 52.1 cm³/mol. The number of hydrogen-bond donors (Lipinski definition) is 0. The Labute approximate surface area is 80.8 Å². The van der Waals surface area contributed by atoms with Gasteiger partial charge in [-0.05, 0) is 13.8 Å². The van der Waals surface area contributed by atoms with E-state index in [0.29, 0.717) is 5.95 Å². The molecular formula is C8H18O4Si. The minimum atomic E-state index is -2.53. The first-order valence-electron chi connectivity index (χ1n) is 4.00. The van der Waals surface area contributed by atoms with Crippen LogP contribution in [0, 0.1) is 0 Å². The molecule has 0 radical (unpaired) electrons. The fourth-order valence-corrected chi connectivity index (χ4v) is 1.64. The number of allylic oxidation sites excluding steroid dienone is 1. The van der Waals surface area contributed by atoms with Crippen molar-refractivity contribution < 1.29 is 18.0 Å². The molecule has 0 rings (SSSR count). The van der Waals surface area contributed by atoms with Crippen LogP contribution in [0.5, 0.6) is 0 Å². The molecule has 0 spiro atoms. The second-order valence-corrected chi connectivity index (χ2v) is 5.61. The molecule has 0 heterocycles. The Hall–Kier alpha value is -0.523. The van der Waals surface area contributed by atoms with Crippen molar-refractivity contribution >= 4 is 8.80 Å².